The van der Waals surface area contributed by atoms with Crippen LogP contribution < -0.4 is 5.73 Å². The summed E-state index contributed by atoms with van der Waals surface area (Å²) >= 11 is 1.48. The Bertz CT molecular complexity index is 105. The summed E-state index contributed by atoms with van der Waals surface area (Å²) in [4.78, 5) is 9.93. The normalized spacial score (nSPS) is 8.44. The molecule has 0 saturated heterocycles. The highest BCUT2D eigenvalue weighted by atomic mass is 32.2. The number of rotatable bonds is 4. The molecule has 0 heterocycles. The number of ether oxygens (including phenoxy) is 1. The van der Waals surface area contributed by atoms with Gasteiger partial charge in [0.05, 0.1) is 0 Å². The highest BCUT2D eigenvalue weighted by Gasteiger charge is 1.89. The van der Waals surface area contributed by atoms with E-state index >= 15 is 0 Å². The molecule has 9 heavy (non-hydrogen) atoms. The van der Waals surface area contributed by atoms with Crippen LogP contribution in [0.3, 0.4) is 0 Å². The highest BCUT2D eigenvalue weighted by molar-refractivity contribution is 8.02. The Morgan fingerprint density at radius 2 is 2.56 bits per heavy atom. The lowest BCUT2D eigenvalue weighted by molar-refractivity contribution is 0.164. The van der Waals surface area contributed by atoms with Crippen LogP contribution in [0.5, 0.6) is 0 Å². The van der Waals surface area contributed by atoms with Crippen molar-refractivity contribution in [2.75, 3.05) is 12.4 Å². The fourth-order valence-electron chi connectivity index (χ4n) is 0.274. The maximum absolute atomic E-state index is 9.93. The third-order valence-corrected chi connectivity index (χ3v) is 1.20. The van der Waals surface area contributed by atoms with Crippen LogP contribution in [0, 0.1) is 0 Å². The second kappa shape index (κ2) is 5.50. The van der Waals surface area contributed by atoms with Crippen LogP contribution in [-0.2, 0) is 4.74 Å². The summed E-state index contributed by atoms with van der Waals surface area (Å²) in [7, 11) is 0. The van der Waals surface area contributed by atoms with Crippen LogP contribution in [0.25, 0.3) is 0 Å². The molecule has 0 atom stereocenters. The zero-order chi connectivity index (χ0) is 7.11. The van der Waals surface area contributed by atoms with Crippen molar-refractivity contribution in [3.05, 3.63) is 12.0 Å². The minimum absolute atomic E-state index is 0.353. The third-order valence-electron chi connectivity index (χ3n) is 0.563. The van der Waals surface area contributed by atoms with Crippen molar-refractivity contribution in [1.29, 1.82) is 0 Å². The van der Waals surface area contributed by atoms with Gasteiger partial charge in [0.2, 0.25) is 0 Å². The smallest absolute Gasteiger partial charge is 0.404 e. The van der Waals surface area contributed by atoms with Gasteiger partial charge in [-0.3, -0.25) is 0 Å². The molecule has 0 radical (unpaired) electrons. The van der Waals surface area contributed by atoms with E-state index in [0.29, 0.717) is 12.4 Å². The van der Waals surface area contributed by atoms with Crippen molar-refractivity contribution in [2.45, 2.75) is 0 Å². The average Bonchev–Trinajstić information content (AvgIpc) is 1.80. The first kappa shape index (κ1) is 8.36. The molecule has 0 aromatic rings. The number of thioether (sulfide) groups is 1. The van der Waals surface area contributed by atoms with E-state index in [1.54, 1.807) is 5.41 Å². The van der Waals surface area contributed by atoms with Crippen molar-refractivity contribution in [3.8, 4) is 0 Å². The second-order valence-corrected chi connectivity index (χ2v) is 2.28. The van der Waals surface area contributed by atoms with E-state index < -0.39 is 6.09 Å². The Balaban J connectivity index is 2.91. The van der Waals surface area contributed by atoms with Crippen molar-refractivity contribution >= 4 is 17.9 Å². The van der Waals surface area contributed by atoms with Gasteiger partial charge in [-0.25, -0.2) is 4.79 Å². The van der Waals surface area contributed by atoms with Crippen LogP contribution in [0.2, 0.25) is 0 Å². The van der Waals surface area contributed by atoms with E-state index in [-0.39, 0.29) is 0 Å². The topological polar surface area (TPSA) is 52.3 Å². The van der Waals surface area contributed by atoms with E-state index in [1.807, 2.05) is 0 Å². The van der Waals surface area contributed by atoms with Crippen molar-refractivity contribution in [1.82, 2.24) is 0 Å². The third kappa shape index (κ3) is 7.36. The van der Waals surface area contributed by atoms with Crippen molar-refractivity contribution in [3.63, 3.8) is 0 Å². The van der Waals surface area contributed by atoms with Crippen LogP contribution in [0.4, 0.5) is 4.79 Å². The summed E-state index contributed by atoms with van der Waals surface area (Å²) < 4.78 is 4.41. The molecule has 0 spiro atoms. The van der Waals surface area contributed by atoms with E-state index in [9.17, 15) is 4.79 Å². The number of hydrogen-bond acceptors (Lipinski definition) is 3. The molecule has 0 saturated carbocycles. The highest BCUT2D eigenvalue weighted by Crippen LogP contribution is 1.97. The summed E-state index contributed by atoms with van der Waals surface area (Å²) in [6.45, 7) is 3.82. The summed E-state index contributed by atoms with van der Waals surface area (Å²) in [6, 6.07) is 0. The first-order chi connectivity index (χ1) is 4.27. The number of hydrogen-bond donors (Lipinski definition) is 1. The molecule has 2 N–H and O–H groups in total. The average molecular weight is 147 g/mol. The molecule has 0 bridgehead atoms. The van der Waals surface area contributed by atoms with Crippen LogP contribution in [-0.4, -0.2) is 18.5 Å². The van der Waals surface area contributed by atoms with E-state index in [2.05, 4.69) is 17.0 Å². The van der Waals surface area contributed by atoms with Gasteiger partial charge >= 0.3 is 6.09 Å². The first-order valence-corrected chi connectivity index (χ1v) is 3.47. The number of carbonyl (C=O) groups is 1. The van der Waals surface area contributed by atoms with Crippen LogP contribution in [0.1, 0.15) is 0 Å². The predicted octanol–water partition coefficient (Wildman–Crippen LogP) is 0.958. The number of nitrogens with two attached hydrogens (primary N) is 1. The molecule has 0 aliphatic rings. The van der Waals surface area contributed by atoms with Gasteiger partial charge in [0, 0.05) is 5.75 Å². The fraction of sp³-hybridized carbons (Fsp3) is 0.400. The quantitative estimate of drug-likeness (QED) is 0.602. The summed E-state index contributed by atoms with van der Waals surface area (Å²) in [5.41, 5.74) is 4.68. The van der Waals surface area contributed by atoms with Gasteiger partial charge in [0.1, 0.15) is 6.61 Å². The fourth-order valence-corrected chi connectivity index (χ4v) is 0.620. The van der Waals surface area contributed by atoms with Gasteiger partial charge in [-0.05, 0) is 5.41 Å². The molecule has 4 heteroatoms. The van der Waals surface area contributed by atoms with Crippen molar-refractivity contribution in [2.24, 2.45) is 5.73 Å². The van der Waals surface area contributed by atoms with Crippen LogP contribution >= 0.6 is 11.8 Å². The largest absolute Gasteiger partial charge is 0.449 e. The number of primary amides is 1. The zero-order valence-corrected chi connectivity index (χ0v) is 5.82. The number of amides is 1. The molecule has 0 unspecified atom stereocenters. The molecule has 0 aromatic carbocycles. The maximum Gasteiger partial charge on any atom is 0.404 e. The molecule has 0 rings (SSSR count). The standard InChI is InChI=1S/C5H9NO2S/c1-2-9-4-3-8-5(6)7/h2H,1,3-4H2,(H2,6,7). The summed E-state index contributed by atoms with van der Waals surface area (Å²) in [6.07, 6.45) is -0.723. The Kier molecular flexibility index (Phi) is 5.11. The first-order valence-electron chi connectivity index (χ1n) is 2.42. The molecule has 1 amide bonds. The van der Waals surface area contributed by atoms with Crippen molar-refractivity contribution < 1.29 is 9.53 Å². The van der Waals surface area contributed by atoms with Gasteiger partial charge in [-0.2, -0.15) is 0 Å². The van der Waals surface area contributed by atoms with Gasteiger partial charge in [0.25, 0.3) is 0 Å². The minimum atomic E-state index is -0.723. The van der Waals surface area contributed by atoms with Crippen LogP contribution in [0.15, 0.2) is 12.0 Å². The summed E-state index contributed by atoms with van der Waals surface area (Å²) in [5.74, 6) is 0.715. The molecular weight excluding hydrogens is 138 g/mol. The van der Waals surface area contributed by atoms with Gasteiger partial charge in [-0.15, -0.1) is 11.8 Å². The Hall–Kier alpha value is -0.640. The van der Waals surface area contributed by atoms with Gasteiger partial charge < -0.3 is 10.5 Å². The lowest BCUT2D eigenvalue weighted by atomic mass is 10.8. The molecule has 0 aliphatic heterocycles. The number of carbonyl (C=O) groups excluding carboxylic acids is 1. The van der Waals surface area contributed by atoms with Gasteiger partial charge in [0.15, 0.2) is 0 Å². The molecule has 3 nitrogen and oxygen atoms in total. The molecule has 52 valence electrons. The second-order valence-electron chi connectivity index (χ2n) is 1.20. The van der Waals surface area contributed by atoms with Gasteiger partial charge in [-0.1, -0.05) is 6.58 Å². The lowest BCUT2D eigenvalue weighted by Crippen LogP contribution is -2.14. The van der Waals surface area contributed by atoms with E-state index in [4.69, 9.17) is 0 Å². The molecular formula is C5H9NO2S. The zero-order valence-electron chi connectivity index (χ0n) is 5.00. The lowest BCUT2D eigenvalue weighted by Gasteiger charge is -1.96. The Labute approximate surface area is 58.2 Å². The molecule has 0 aromatic heterocycles. The predicted molar refractivity (Wildman–Crippen MR) is 38.2 cm³/mol. The maximum atomic E-state index is 9.93. The minimum Gasteiger partial charge on any atom is -0.449 e. The van der Waals surface area contributed by atoms with E-state index in [0.717, 1.165) is 0 Å². The Morgan fingerprint density at radius 3 is 3.00 bits per heavy atom. The Morgan fingerprint density at radius 1 is 1.89 bits per heavy atom. The molecule has 0 fully saturated rings. The SMILES string of the molecule is C=CSCCOC(N)=O. The summed E-state index contributed by atoms with van der Waals surface area (Å²) in [5, 5.41) is 1.68. The van der Waals surface area contributed by atoms with E-state index in [1.165, 1.54) is 11.8 Å². The molecule has 0 aliphatic carbocycles. The monoisotopic (exact) mass is 147 g/mol.